The summed E-state index contributed by atoms with van der Waals surface area (Å²) >= 11 is 1.64. The van der Waals surface area contributed by atoms with Gasteiger partial charge in [-0.25, -0.2) is 4.98 Å². The number of phenols is 1. The van der Waals surface area contributed by atoms with E-state index >= 15 is 0 Å². The molecule has 0 atom stereocenters. The second-order valence-electron chi connectivity index (χ2n) is 4.44. The Morgan fingerprint density at radius 3 is 2.89 bits per heavy atom. The van der Waals surface area contributed by atoms with E-state index in [-0.39, 0.29) is 11.3 Å². The summed E-state index contributed by atoms with van der Waals surface area (Å²) in [6.07, 6.45) is 2.43. The van der Waals surface area contributed by atoms with E-state index in [0.29, 0.717) is 5.92 Å². The quantitative estimate of drug-likeness (QED) is 0.890. The van der Waals surface area contributed by atoms with Gasteiger partial charge < -0.3 is 10.8 Å². The molecule has 18 heavy (non-hydrogen) atoms. The van der Waals surface area contributed by atoms with Gasteiger partial charge in [0.1, 0.15) is 5.75 Å². The van der Waals surface area contributed by atoms with Crippen molar-refractivity contribution in [2.24, 2.45) is 5.73 Å². The molecule has 92 valence electrons. The number of hydrogen-bond acceptors (Lipinski definition) is 4. The van der Waals surface area contributed by atoms with Gasteiger partial charge >= 0.3 is 0 Å². The van der Waals surface area contributed by atoms with Crippen molar-refractivity contribution in [2.45, 2.75) is 18.8 Å². The fraction of sp³-hybridized carbons (Fsp3) is 0.231. The third-order valence-corrected chi connectivity index (χ3v) is 4.01. The first-order valence-electron chi connectivity index (χ1n) is 5.74. The lowest BCUT2D eigenvalue weighted by molar-refractivity contribution is 0.0998. The molecule has 4 nitrogen and oxygen atoms in total. The van der Waals surface area contributed by atoms with Crippen LogP contribution in [0.4, 0.5) is 0 Å². The molecule has 0 aliphatic heterocycles. The van der Waals surface area contributed by atoms with Gasteiger partial charge in [-0.3, -0.25) is 4.79 Å². The van der Waals surface area contributed by atoms with Gasteiger partial charge in [0.05, 0.1) is 16.3 Å². The van der Waals surface area contributed by atoms with E-state index < -0.39 is 5.91 Å². The lowest BCUT2D eigenvalue weighted by Crippen LogP contribution is -2.11. The maximum atomic E-state index is 11.2. The van der Waals surface area contributed by atoms with Crippen LogP contribution in [-0.2, 0) is 0 Å². The molecule has 2 aromatic rings. The first-order valence-corrected chi connectivity index (χ1v) is 6.61. The number of carbonyl (C=O) groups is 1. The number of aromatic hydroxyl groups is 1. The first-order chi connectivity index (χ1) is 8.65. The van der Waals surface area contributed by atoms with Crippen molar-refractivity contribution in [3.05, 3.63) is 34.2 Å². The summed E-state index contributed by atoms with van der Waals surface area (Å²) in [6.45, 7) is 0. The summed E-state index contributed by atoms with van der Waals surface area (Å²) in [5.74, 6) is -0.104. The highest BCUT2D eigenvalue weighted by atomic mass is 32.1. The zero-order chi connectivity index (χ0) is 12.7. The predicted molar refractivity (Wildman–Crippen MR) is 69.7 cm³/mol. The van der Waals surface area contributed by atoms with E-state index in [1.54, 1.807) is 23.5 Å². The Bertz CT molecular complexity index is 617. The summed E-state index contributed by atoms with van der Waals surface area (Å²) in [4.78, 5) is 15.7. The number of thiazole rings is 1. The molecule has 0 saturated heterocycles. The fourth-order valence-corrected chi connectivity index (χ4v) is 2.83. The van der Waals surface area contributed by atoms with Crippen LogP contribution in [0.15, 0.2) is 23.6 Å². The van der Waals surface area contributed by atoms with Crippen LogP contribution in [0.25, 0.3) is 11.3 Å². The summed E-state index contributed by atoms with van der Waals surface area (Å²) in [5.41, 5.74) is 6.99. The minimum Gasteiger partial charge on any atom is -0.507 e. The molecule has 1 fully saturated rings. The number of nitrogens with zero attached hydrogens (tertiary/aromatic N) is 1. The standard InChI is InChI=1S/C13H12N2O2S/c14-12(17)9-5-8(3-4-11(9)16)10-6-18-13(15-10)7-1-2-7/h3-7,16H,1-2H2,(H2,14,17). The van der Waals surface area contributed by atoms with E-state index in [0.717, 1.165) is 16.3 Å². The molecule has 1 aliphatic carbocycles. The van der Waals surface area contributed by atoms with Crippen LogP contribution in [0.5, 0.6) is 5.75 Å². The maximum Gasteiger partial charge on any atom is 0.252 e. The largest absolute Gasteiger partial charge is 0.507 e. The number of primary amides is 1. The van der Waals surface area contributed by atoms with Gasteiger partial charge in [-0.1, -0.05) is 0 Å². The van der Waals surface area contributed by atoms with Gasteiger partial charge in [-0.05, 0) is 31.0 Å². The van der Waals surface area contributed by atoms with Gasteiger partial charge in [0.15, 0.2) is 0 Å². The molecular weight excluding hydrogens is 248 g/mol. The van der Waals surface area contributed by atoms with Crippen molar-refractivity contribution in [2.75, 3.05) is 0 Å². The molecule has 1 aromatic heterocycles. The minimum absolute atomic E-state index is 0.0936. The molecule has 1 saturated carbocycles. The highest BCUT2D eigenvalue weighted by Gasteiger charge is 2.26. The molecule has 1 heterocycles. The molecule has 1 amide bonds. The highest BCUT2D eigenvalue weighted by Crippen LogP contribution is 2.42. The van der Waals surface area contributed by atoms with Gasteiger partial charge in [0.2, 0.25) is 0 Å². The average Bonchev–Trinajstić information content (AvgIpc) is 3.08. The minimum atomic E-state index is -0.632. The Hall–Kier alpha value is -1.88. The van der Waals surface area contributed by atoms with Gasteiger partial charge in [-0.2, -0.15) is 0 Å². The second kappa shape index (κ2) is 4.10. The SMILES string of the molecule is NC(=O)c1cc(-c2csc(C3CC3)n2)ccc1O. The van der Waals surface area contributed by atoms with Crippen molar-refractivity contribution in [3.63, 3.8) is 0 Å². The van der Waals surface area contributed by atoms with Crippen molar-refractivity contribution < 1.29 is 9.90 Å². The van der Waals surface area contributed by atoms with Gasteiger partial charge in [-0.15, -0.1) is 11.3 Å². The number of hydrogen-bond donors (Lipinski definition) is 2. The number of carbonyl (C=O) groups excluding carboxylic acids is 1. The summed E-state index contributed by atoms with van der Waals surface area (Å²) in [6, 6.07) is 4.81. The zero-order valence-electron chi connectivity index (χ0n) is 9.59. The Kier molecular flexibility index (Phi) is 2.56. The predicted octanol–water partition coefficient (Wildman–Crippen LogP) is 2.49. The topological polar surface area (TPSA) is 76.2 Å². The van der Waals surface area contributed by atoms with E-state index in [2.05, 4.69) is 4.98 Å². The van der Waals surface area contributed by atoms with Crippen molar-refractivity contribution in [1.82, 2.24) is 4.98 Å². The lowest BCUT2D eigenvalue weighted by Gasteiger charge is -2.02. The van der Waals surface area contributed by atoms with E-state index in [1.807, 2.05) is 5.38 Å². The summed E-state index contributed by atoms with van der Waals surface area (Å²) in [5, 5.41) is 12.7. The highest BCUT2D eigenvalue weighted by molar-refractivity contribution is 7.10. The Balaban J connectivity index is 1.99. The number of aromatic nitrogens is 1. The van der Waals surface area contributed by atoms with Crippen LogP contribution in [0.2, 0.25) is 0 Å². The molecule has 0 bridgehead atoms. The van der Waals surface area contributed by atoms with E-state index in [9.17, 15) is 9.90 Å². The van der Waals surface area contributed by atoms with Crippen molar-refractivity contribution in [1.29, 1.82) is 0 Å². The molecule has 0 unspecified atom stereocenters. The first kappa shape index (κ1) is 11.2. The van der Waals surface area contributed by atoms with Crippen LogP contribution in [-0.4, -0.2) is 16.0 Å². The zero-order valence-corrected chi connectivity index (χ0v) is 10.4. The summed E-state index contributed by atoms with van der Waals surface area (Å²) < 4.78 is 0. The van der Waals surface area contributed by atoms with Gasteiger partial charge in [0.25, 0.3) is 5.91 Å². The van der Waals surface area contributed by atoms with Crippen LogP contribution >= 0.6 is 11.3 Å². The molecule has 1 aromatic carbocycles. The molecule has 0 radical (unpaired) electrons. The van der Waals surface area contributed by atoms with E-state index in [4.69, 9.17) is 5.73 Å². The van der Waals surface area contributed by atoms with Crippen molar-refractivity contribution in [3.8, 4) is 17.0 Å². The third-order valence-electron chi connectivity index (χ3n) is 3.01. The molecule has 3 N–H and O–H groups in total. The number of nitrogens with two attached hydrogens (primary N) is 1. The maximum absolute atomic E-state index is 11.2. The Labute approximate surface area is 108 Å². The molecular formula is C13H12N2O2S. The molecule has 5 heteroatoms. The van der Waals surface area contributed by atoms with Gasteiger partial charge in [0, 0.05) is 16.9 Å². The number of benzene rings is 1. The normalized spacial score (nSPS) is 14.7. The third kappa shape index (κ3) is 1.97. The molecule has 0 spiro atoms. The Morgan fingerprint density at radius 2 is 2.22 bits per heavy atom. The van der Waals surface area contributed by atoms with Crippen LogP contribution in [0, 0.1) is 0 Å². The van der Waals surface area contributed by atoms with Crippen molar-refractivity contribution >= 4 is 17.2 Å². The number of rotatable bonds is 3. The second-order valence-corrected chi connectivity index (χ2v) is 5.33. The average molecular weight is 260 g/mol. The summed E-state index contributed by atoms with van der Waals surface area (Å²) in [7, 11) is 0. The fourth-order valence-electron chi connectivity index (χ4n) is 1.83. The lowest BCUT2D eigenvalue weighted by atomic mass is 10.1. The molecule has 3 rings (SSSR count). The Morgan fingerprint density at radius 1 is 1.44 bits per heavy atom. The van der Waals surface area contributed by atoms with Crippen LogP contribution in [0.3, 0.4) is 0 Å². The monoisotopic (exact) mass is 260 g/mol. The van der Waals surface area contributed by atoms with Crippen LogP contribution in [0.1, 0.15) is 34.1 Å². The number of amides is 1. The smallest absolute Gasteiger partial charge is 0.252 e. The van der Waals surface area contributed by atoms with Crippen LogP contribution < -0.4 is 5.73 Å². The molecule has 1 aliphatic rings. The van der Waals surface area contributed by atoms with E-state index in [1.165, 1.54) is 18.9 Å².